The lowest BCUT2D eigenvalue weighted by molar-refractivity contribution is -0.138. The van der Waals surface area contributed by atoms with Crippen LogP contribution in [-0.2, 0) is 25.6 Å². The van der Waals surface area contributed by atoms with Crippen molar-refractivity contribution in [1.82, 2.24) is 25.9 Å². The van der Waals surface area contributed by atoms with Gasteiger partial charge in [0.1, 0.15) is 12.6 Å². The third-order valence-electron chi connectivity index (χ3n) is 4.03. The Kier molecular flexibility index (Phi) is 8.93. The molecule has 3 unspecified atom stereocenters. The largest absolute Gasteiger partial charge is 0.480 e. The van der Waals surface area contributed by atoms with Crippen molar-refractivity contribution >= 4 is 23.7 Å². The Morgan fingerprint density at radius 2 is 1.89 bits per heavy atom. The van der Waals surface area contributed by atoms with Gasteiger partial charge in [0.15, 0.2) is 0 Å². The van der Waals surface area contributed by atoms with Crippen LogP contribution >= 0.6 is 0 Å². The van der Waals surface area contributed by atoms with Gasteiger partial charge in [0.25, 0.3) is 0 Å². The molecule has 27 heavy (non-hydrogen) atoms. The summed E-state index contributed by atoms with van der Waals surface area (Å²) in [6.45, 7) is 2.81. The van der Waals surface area contributed by atoms with Gasteiger partial charge in [-0.15, -0.1) is 0 Å². The fourth-order valence-electron chi connectivity index (χ4n) is 2.15. The van der Waals surface area contributed by atoms with E-state index in [0.717, 1.165) is 6.42 Å². The number of carboxylic acids is 1. The molecule has 0 radical (unpaired) electrons. The molecule has 1 heterocycles. The molecule has 150 valence electrons. The molecule has 11 nitrogen and oxygen atoms in total. The third kappa shape index (κ3) is 7.86. The first kappa shape index (κ1) is 22.1. The minimum absolute atomic E-state index is 0.0389. The summed E-state index contributed by atoms with van der Waals surface area (Å²) in [6, 6.07) is -1.76. The maximum atomic E-state index is 12.2. The summed E-state index contributed by atoms with van der Waals surface area (Å²) in [4.78, 5) is 53.4. The molecule has 1 rings (SSSR count). The van der Waals surface area contributed by atoms with Crippen molar-refractivity contribution < 1.29 is 24.3 Å². The number of rotatable bonds is 11. The second-order valence-electron chi connectivity index (χ2n) is 6.14. The highest BCUT2D eigenvalue weighted by Crippen LogP contribution is 2.04. The van der Waals surface area contributed by atoms with Crippen LogP contribution in [0.5, 0.6) is 0 Å². The number of H-pyrrole nitrogens is 1. The Bertz CT molecular complexity index is 648. The Balaban J connectivity index is 2.62. The van der Waals surface area contributed by atoms with Gasteiger partial charge in [-0.25, -0.2) is 4.98 Å². The Morgan fingerprint density at radius 3 is 2.44 bits per heavy atom. The number of nitrogens with one attached hydrogen (secondary N) is 4. The first-order valence-corrected chi connectivity index (χ1v) is 8.54. The van der Waals surface area contributed by atoms with Gasteiger partial charge < -0.3 is 31.8 Å². The molecule has 0 aliphatic rings. The van der Waals surface area contributed by atoms with E-state index >= 15 is 0 Å². The fraction of sp³-hybridized carbons (Fsp3) is 0.562. The van der Waals surface area contributed by atoms with Gasteiger partial charge in [-0.3, -0.25) is 19.2 Å². The number of nitrogens with two attached hydrogens (primary N) is 1. The maximum absolute atomic E-state index is 12.2. The number of nitrogens with zero attached hydrogens (tertiary/aromatic N) is 1. The van der Waals surface area contributed by atoms with Crippen molar-refractivity contribution in [1.29, 1.82) is 0 Å². The number of aromatic nitrogens is 2. The Labute approximate surface area is 156 Å². The molecule has 1 aromatic rings. The predicted molar refractivity (Wildman–Crippen MR) is 95.3 cm³/mol. The molecular formula is C16H26N6O5. The quantitative estimate of drug-likeness (QED) is 0.259. The van der Waals surface area contributed by atoms with Crippen molar-refractivity contribution in [3.05, 3.63) is 18.2 Å². The van der Waals surface area contributed by atoms with Crippen LogP contribution < -0.4 is 21.7 Å². The summed E-state index contributed by atoms with van der Waals surface area (Å²) >= 11 is 0. The number of carbonyl (C=O) groups excluding carboxylic acids is 3. The lowest BCUT2D eigenvalue weighted by atomic mass is 9.99. The van der Waals surface area contributed by atoms with Gasteiger partial charge in [0.2, 0.25) is 17.7 Å². The number of carboxylic acid groups (broad SMARTS) is 1. The summed E-state index contributed by atoms with van der Waals surface area (Å²) in [5.74, 6) is -2.97. The van der Waals surface area contributed by atoms with E-state index in [1.807, 2.05) is 13.8 Å². The standard InChI is InChI=1S/C16H26N6O5/c1-3-9(2)14(17)16(27)19-6-12(23)22-11(4-10-5-18-8-21-10)15(26)20-7-13(24)25/h5,8-9,11,14H,3-4,6-7,17H2,1-2H3,(H,18,21)(H,19,27)(H,20,26)(H,22,23)(H,24,25). The van der Waals surface area contributed by atoms with E-state index in [-0.39, 0.29) is 18.9 Å². The van der Waals surface area contributed by atoms with Gasteiger partial charge in [-0.05, 0) is 5.92 Å². The zero-order valence-electron chi connectivity index (χ0n) is 15.3. The molecule has 0 saturated heterocycles. The van der Waals surface area contributed by atoms with E-state index in [9.17, 15) is 19.2 Å². The molecule has 0 aromatic carbocycles. The Morgan fingerprint density at radius 1 is 1.22 bits per heavy atom. The van der Waals surface area contributed by atoms with Crippen LogP contribution in [0.15, 0.2) is 12.5 Å². The van der Waals surface area contributed by atoms with Crippen LogP contribution in [0, 0.1) is 5.92 Å². The summed E-state index contributed by atoms with van der Waals surface area (Å²) in [7, 11) is 0. The van der Waals surface area contributed by atoms with Gasteiger partial charge in [0.05, 0.1) is 18.9 Å². The Hall–Kier alpha value is -2.95. The molecule has 0 bridgehead atoms. The van der Waals surface area contributed by atoms with Crippen LogP contribution in [0.2, 0.25) is 0 Å². The highest BCUT2D eigenvalue weighted by molar-refractivity contribution is 5.92. The van der Waals surface area contributed by atoms with Crippen molar-refractivity contribution in [3.63, 3.8) is 0 Å². The fourth-order valence-corrected chi connectivity index (χ4v) is 2.15. The molecule has 0 aliphatic carbocycles. The number of hydrogen-bond donors (Lipinski definition) is 6. The van der Waals surface area contributed by atoms with Crippen LogP contribution in [0.25, 0.3) is 0 Å². The molecule has 1 aromatic heterocycles. The van der Waals surface area contributed by atoms with Crippen molar-refractivity contribution in [2.75, 3.05) is 13.1 Å². The SMILES string of the molecule is CCC(C)C(N)C(=O)NCC(=O)NC(Cc1cnc[nH]1)C(=O)NCC(=O)O. The van der Waals surface area contributed by atoms with Crippen LogP contribution in [0.3, 0.4) is 0 Å². The molecule has 3 amide bonds. The van der Waals surface area contributed by atoms with Crippen molar-refractivity contribution in [2.45, 2.75) is 38.8 Å². The second-order valence-corrected chi connectivity index (χ2v) is 6.14. The smallest absolute Gasteiger partial charge is 0.322 e. The first-order chi connectivity index (χ1) is 12.7. The zero-order chi connectivity index (χ0) is 20.4. The molecule has 0 spiro atoms. The first-order valence-electron chi connectivity index (χ1n) is 8.54. The van der Waals surface area contributed by atoms with E-state index in [2.05, 4.69) is 25.9 Å². The summed E-state index contributed by atoms with van der Waals surface area (Å²) in [5.41, 5.74) is 6.37. The average molecular weight is 382 g/mol. The number of imidazole rings is 1. The summed E-state index contributed by atoms with van der Waals surface area (Å²) < 4.78 is 0. The second kappa shape index (κ2) is 10.9. The predicted octanol–water partition coefficient (Wildman–Crippen LogP) is -1.87. The lowest BCUT2D eigenvalue weighted by Crippen LogP contribution is -2.53. The van der Waals surface area contributed by atoms with Crippen LogP contribution in [0.1, 0.15) is 26.0 Å². The van der Waals surface area contributed by atoms with Gasteiger partial charge in [0, 0.05) is 18.3 Å². The van der Waals surface area contributed by atoms with Crippen LogP contribution in [-0.4, -0.2) is 63.9 Å². The summed E-state index contributed by atoms with van der Waals surface area (Å²) in [5, 5.41) is 15.8. The minimum Gasteiger partial charge on any atom is -0.480 e. The number of carbonyl (C=O) groups is 4. The highest BCUT2D eigenvalue weighted by atomic mass is 16.4. The molecule has 0 fully saturated rings. The van der Waals surface area contributed by atoms with Gasteiger partial charge in [-0.2, -0.15) is 0 Å². The molecule has 3 atom stereocenters. The zero-order valence-corrected chi connectivity index (χ0v) is 15.3. The minimum atomic E-state index is -1.21. The van der Waals surface area contributed by atoms with Crippen molar-refractivity contribution in [3.8, 4) is 0 Å². The maximum Gasteiger partial charge on any atom is 0.322 e. The molecule has 7 N–H and O–H groups in total. The number of aliphatic carboxylic acids is 1. The number of aromatic amines is 1. The van der Waals surface area contributed by atoms with E-state index in [1.165, 1.54) is 12.5 Å². The van der Waals surface area contributed by atoms with E-state index in [4.69, 9.17) is 10.8 Å². The lowest BCUT2D eigenvalue weighted by Gasteiger charge is -2.19. The molecular weight excluding hydrogens is 356 g/mol. The monoisotopic (exact) mass is 382 g/mol. The topological polar surface area (TPSA) is 179 Å². The highest BCUT2D eigenvalue weighted by Gasteiger charge is 2.24. The average Bonchev–Trinajstić information content (AvgIpc) is 3.15. The molecule has 0 saturated carbocycles. The van der Waals surface area contributed by atoms with E-state index < -0.39 is 42.3 Å². The summed E-state index contributed by atoms with van der Waals surface area (Å²) in [6.07, 6.45) is 3.70. The molecule has 0 aliphatic heterocycles. The van der Waals surface area contributed by atoms with Crippen LogP contribution in [0.4, 0.5) is 0 Å². The number of hydrogen-bond acceptors (Lipinski definition) is 6. The normalized spacial score (nSPS) is 13.9. The van der Waals surface area contributed by atoms with E-state index in [0.29, 0.717) is 5.69 Å². The van der Waals surface area contributed by atoms with Gasteiger partial charge in [-0.1, -0.05) is 20.3 Å². The van der Waals surface area contributed by atoms with E-state index in [1.54, 1.807) is 0 Å². The third-order valence-corrected chi connectivity index (χ3v) is 4.03. The van der Waals surface area contributed by atoms with Crippen molar-refractivity contribution in [2.24, 2.45) is 11.7 Å². The number of amides is 3. The molecule has 11 heteroatoms. The van der Waals surface area contributed by atoms with Gasteiger partial charge >= 0.3 is 5.97 Å².